The van der Waals surface area contributed by atoms with E-state index in [4.69, 9.17) is 0 Å². The summed E-state index contributed by atoms with van der Waals surface area (Å²) in [6, 6.07) is 2.43. The third kappa shape index (κ3) is 3.98. The van der Waals surface area contributed by atoms with Crippen molar-refractivity contribution in [3.8, 4) is 0 Å². The molecule has 1 aliphatic heterocycles. The zero-order chi connectivity index (χ0) is 13.0. The lowest BCUT2D eigenvalue weighted by atomic mass is 10.3. The van der Waals surface area contributed by atoms with Crippen LogP contribution < -0.4 is 5.32 Å². The van der Waals surface area contributed by atoms with Crippen LogP contribution in [0.2, 0.25) is 0 Å². The Morgan fingerprint density at radius 3 is 2.72 bits per heavy atom. The van der Waals surface area contributed by atoms with Crippen molar-refractivity contribution in [1.82, 2.24) is 4.98 Å². The molecule has 18 heavy (non-hydrogen) atoms. The predicted octanol–water partition coefficient (Wildman–Crippen LogP) is 3.36. The van der Waals surface area contributed by atoms with Crippen molar-refractivity contribution >= 4 is 29.3 Å². The fourth-order valence-electron chi connectivity index (χ4n) is 1.54. The fourth-order valence-corrected chi connectivity index (χ4v) is 4.15. The molecule has 1 aromatic heterocycles. The third-order valence-electron chi connectivity index (χ3n) is 2.49. The second kappa shape index (κ2) is 6.06. The van der Waals surface area contributed by atoms with Gasteiger partial charge in [0, 0.05) is 35.3 Å². The molecular formula is C11H13F3N2S2. The van der Waals surface area contributed by atoms with Crippen LogP contribution >= 0.6 is 23.5 Å². The van der Waals surface area contributed by atoms with E-state index in [0.717, 1.165) is 30.3 Å². The van der Waals surface area contributed by atoms with E-state index >= 15 is 0 Å². The Hall–Kier alpha value is -0.560. The fraction of sp³-hybridized carbons (Fsp3) is 0.545. The summed E-state index contributed by atoms with van der Waals surface area (Å²) >= 11 is 3.81. The minimum atomic E-state index is -4.32. The first-order chi connectivity index (χ1) is 8.55. The molecule has 1 fully saturated rings. The van der Waals surface area contributed by atoms with Crippen LogP contribution in [0.3, 0.4) is 0 Å². The summed E-state index contributed by atoms with van der Waals surface area (Å²) in [5.41, 5.74) is -0.712. The summed E-state index contributed by atoms with van der Waals surface area (Å²) in [4.78, 5) is 3.78. The first-order valence-electron chi connectivity index (χ1n) is 5.52. The normalized spacial score (nSPS) is 20.7. The SMILES string of the molecule is FC(F)(F)c1ccc(NCC2CSCCS2)nc1. The molecule has 1 unspecified atom stereocenters. The molecule has 1 aromatic rings. The number of hydrogen-bond donors (Lipinski definition) is 1. The van der Waals surface area contributed by atoms with Crippen LogP contribution in [0, 0.1) is 0 Å². The summed E-state index contributed by atoms with van der Waals surface area (Å²) in [6.07, 6.45) is -3.45. The monoisotopic (exact) mass is 294 g/mol. The van der Waals surface area contributed by atoms with Gasteiger partial charge >= 0.3 is 6.18 Å². The Bertz CT molecular complexity index is 375. The van der Waals surface area contributed by atoms with Gasteiger partial charge in [-0.1, -0.05) is 0 Å². The number of thioether (sulfide) groups is 2. The Kier molecular flexibility index (Phi) is 4.66. The molecular weight excluding hydrogens is 281 g/mol. The van der Waals surface area contributed by atoms with E-state index in [0.29, 0.717) is 11.1 Å². The molecule has 0 saturated carbocycles. The average Bonchev–Trinajstić information content (AvgIpc) is 2.37. The molecule has 0 amide bonds. The third-order valence-corrected chi connectivity index (χ3v) is 5.33. The van der Waals surface area contributed by atoms with Crippen molar-refractivity contribution < 1.29 is 13.2 Å². The van der Waals surface area contributed by atoms with Crippen molar-refractivity contribution in [2.24, 2.45) is 0 Å². The molecule has 1 aliphatic rings. The summed E-state index contributed by atoms with van der Waals surface area (Å²) in [5.74, 6) is 3.90. The van der Waals surface area contributed by atoms with Gasteiger partial charge < -0.3 is 5.32 Å². The zero-order valence-corrected chi connectivity index (χ0v) is 11.2. The molecule has 0 radical (unpaired) electrons. The van der Waals surface area contributed by atoms with E-state index in [1.807, 2.05) is 23.5 Å². The van der Waals surface area contributed by atoms with Crippen molar-refractivity contribution in [3.05, 3.63) is 23.9 Å². The number of pyridine rings is 1. The molecule has 7 heteroatoms. The zero-order valence-electron chi connectivity index (χ0n) is 9.54. The molecule has 0 bridgehead atoms. The summed E-state index contributed by atoms with van der Waals surface area (Å²) < 4.78 is 37.0. The average molecular weight is 294 g/mol. The first-order valence-corrected chi connectivity index (χ1v) is 7.72. The number of nitrogens with zero attached hydrogens (tertiary/aromatic N) is 1. The highest BCUT2D eigenvalue weighted by Gasteiger charge is 2.30. The second-order valence-corrected chi connectivity index (χ2v) is 6.44. The topological polar surface area (TPSA) is 24.9 Å². The number of anilines is 1. The predicted molar refractivity (Wildman–Crippen MR) is 71.3 cm³/mol. The lowest BCUT2D eigenvalue weighted by Crippen LogP contribution is -2.23. The maximum Gasteiger partial charge on any atom is 0.417 e. The van der Waals surface area contributed by atoms with Crippen LogP contribution in [-0.2, 0) is 6.18 Å². The molecule has 1 atom stereocenters. The molecule has 1 N–H and O–H groups in total. The molecule has 2 heterocycles. The minimum Gasteiger partial charge on any atom is -0.369 e. The summed E-state index contributed by atoms with van der Waals surface area (Å²) in [7, 11) is 0. The Balaban J connectivity index is 1.86. The smallest absolute Gasteiger partial charge is 0.369 e. The van der Waals surface area contributed by atoms with Crippen LogP contribution in [-0.4, -0.2) is 34.0 Å². The number of rotatable bonds is 3. The van der Waals surface area contributed by atoms with E-state index in [2.05, 4.69) is 10.3 Å². The number of alkyl halides is 3. The molecule has 100 valence electrons. The standard InChI is InChI=1S/C11H13F3N2S2/c12-11(13,14)8-1-2-10(15-5-8)16-6-9-7-17-3-4-18-9/h1-2,5,9H,3-4,6-7H2,(H,15,16). The van der Waals surface area contributed by atoms with Gasteiger partial charge in [-0.05, 0) is 12.1 Å². The summed E-state index contributed by atoms with van der Waals surface area (Å²) in [5, 5.41) is 3.59. The number of halogens is 3. The Morgan fingerprint density at radius 2 is 2.17 bits per heavy atom. The van der Waals surface area contributed by atoms with Crippen LogP contribution in [0.5, 0.6) is 0 Å². The Morgan fingerprint density at radius 1 is 1.33 bits per heavy atom. The van der Waals surface area contributed by atoms with Gasteiger partial charge in [-0.25, -0.2) is 4.98 Å². The second-order valence-electron chi connectivity index (χ2n) is 3.88. The van der Waals surface area contributed by atoms with E-state index < -0.39 is 11.7 Å². The van der Waals surface area contributed by atoms with Crippen LogP contribution in [0.1, 0.15) is 5.56 Å². The summed E-state index contributed by atoms with van der Waals surface area (Å²) in [6.45, 7) is 0.746. The van der Waals surface area contributed by atoms with Crippen molar-refractivity contribution in [3.63, 3.8) is 0 Å². The minimum absolute atomic E-state index is 0.499. The molecule has 0 spiro atoms. The Labute approximate surface area is 112 Å². The highest BCUT2D eigenvalue weighted by atomic mass is 32.2. The molecule has 0 aromatic carbocycles. The molecule has 0 aliphatic carbocycles. The van der Waals surface area contributed by atoms with Crippen LogP contribution in [0.25, 0.3) is 0 Å². The largest absolute Gasteiger partial charge is 0.417 e. The van der Waals surface area contributed by atoms with Crippen LogP contribution in [0.4, 0.5) is 19.0 Å². The number of aromatic nitrogens is 1. The maximum absolute atomic E-state index is 12.3. The van der Waals surface area contributed by atoms with Gasteiger partial charge in [0.2, 0.25) is 0 Å². The van der Waals surface area contributed by atoms with E-state index in [1.165, 1.54) is 11.8 Å². The highest BCUT2D eigenvalue weighted by Crippen LogP contribution is 2.29. The van der Waals surface area contributed by atoms with Gasteiger partial charge in [0.25, 0.3) is 0 Å². The molecule has 1 saturated heterocycles. The van der Waals surface area contributed by atoms with E-state index in [9.17, 15) is 13.2 Å². The first kappa shape index (κ1) is 13.9. The van der Waals surface area contributed by atoms with Gasteiger partial charge in [-0.15, -0.1) is 0 Å². The number of nitrogens with one attached hydrogen (secondary N) is 1. The van der Waals surface area contributed by atoms with Gasteiger partial charge in [-0.2, -0.15) is 36.7 Å². The molecule has 2 rings (SSSR count). The van der Waals surface area contributed by atoms with Gasteiger partial charge in [0.15, 0.2) is 0 Å². The van der Waals surface area contributed by atoms with E-state index in [1.54, 1.807) is 0 Å². The van der Waals surface area contributed by atoms with Crippen molar-refractivity contribution in [2.45, 2.75) is 11.4 Å². The van der Waals surface area contributed by atoms with Crippen molar-refractivity contribution in [2.75, 3.05) is 29.1 Å². The number of hydrogen-bond acceptors (Lipinski definition) is 4. The maximum atomic E-state index is 12.3. The van der Waals surface area contributed by atoms with Gasteiger partial charge in [0.1, 0.15) is 5.82 Å². The molecule has 2 nitrogen and oxygen atoms in total. The lowest BCUT2D eigenvalue weighted by molar-refractivity contribution is -0.137. The van der Waals surface area contributed by atoms with E-state index in [-0.39, 0.29) is 0 Å². The van der Waals surface area contributed by atoms with Crippen molar-refractivity contribution in [1.29, 1.82) is 0 Å². The van der Waals surface area contributed by atoms with Gasteiger partial charge in [-0.3, -0.25) is 0 Å². The van der Waals surface area contributed by atoms with Gasteiger partial charge in [0.05, 0.1) is 5.56 Å². The highest BCUT2D eigenvalue weighted by molar-refractivity contribution is 8.06. The van der Waals surface area contributed by atoms with Crippen LogP contribution in [0.15, 0.2) is 18.3 Å². The quantitative estimate of drug-likeness (QED) is 0.924. The lowest BCUT2D eigenvalue weighted by Gasteiger charge is -2.21.